The van der Waals surface area contributed by atoms with Gasteiger partial charge in [-0.3, -0.25) is 0 Å². The largest absolute Gasteiger partial charge is 0.449 e. The summed E-state index contributed by atoms with van der Waals surface area (Å²) in [5, 5.41) is 2.76. The van der Waals surface area contributed by atoms with Crippen molar-refractivity contribution in [1.82, 2.24) is 10.3 Å². The van der Waals surface area contributed by atoms with Crippen LogP contribution in [0.15, 0.2) is 72.9 Å². The van der Waals surface area contributed by atoms with Crippen LogP contribution in [0.3, 0.4) is 0 Å². The van der Waals surface area contributed by atoms with E-state index in [1.807, 2.05) is 54.7 Å². The van der Waals surface area contributed by atoms with Crippen molar-refractivity contribution in [3.05, 3.63) is 89.8 Å². The van der Waals surface area contributed by atoms with E-state index in [4.69, 9.17) is 4.74 Å². The van der Waals surface area contributed by atoms with Crippen molar-refractivity contribution in [3.63, 3.8) is 0 Å². The van der Waals surface area contributed by atoms with Gasteiger partial charge in [0.05, 0.1) is 0 Å². The van der Waals surface area contributed by atoms with Crippen LogP contribution in [-0.4, -0.2) is 24.2 Å². The second kappa shape index (κ2) is 7.31. The number of nitrogens with one attached hydrogen (secondary N) is 2. The number of hydrogen-bond donors (Lipinski definition) is 2. The van der Waals surface area contributed by atoms with Gasteiger partial charge in [-0.05, 0) is 40.5 Å². The quantitative estimate of drug-likeness (QED) is 0.712. The van der Waals surface area contributed by atoms with Crippen LogP contribution < -0.4 is 5.32 Å². The SMILES string of the molecule is O=C(NCC=Cc1ccc[nH]1)OCC1c2ccccc2-c2ccccc21. The number of carbonyl (C=O) groups excluding carboxylic acids is 1. The molecule has 0 bridgehead atoms. The Kier molecular flexibility index (Phi) is 4.56. The second-order valence-corrected chi connectivity index (χ2v) is 6.23. The molecule has 0 aliphatic heterocycles. The minimum Gasteiger partial charge on any atom is -0.449 e. The minimum atomic E-state index is -0.400. The number of aromatic amines is 1. The van der Waals surface area contributed by atoms with Gasteiger partial charge in [-0.2, -0.15) is 0 Å². The zero-order chi connectivity index (χ0) is 17.8. The fourth-order valence-electron chi connectivity index (χ4n) is 3.43. The highest BCUT2D eigenvalue weighted by Crippen LogP contribution is 2.44. The van der Waals surface area contributed by atoms with Crippen LogP contribution in [0.2, 0.25) is 0 Å². The lowest BCUT2D eigenvalue weighted by atomic mass is 9.98. The molecule has 1 aliphatic rings. The summed E-state index contributed by atoms with van der Waals surface area (Å²) in [4.78, 5) is 15.1. The lowest BCUT2D eigenvalue weighted by Gasteiger charge is -2.14. The number of hydrogen-bond acceptors (Lipinski definition) is 2. The summed E-state index contributed by atoms with van der Waals surface area (Å²) in [5.74, 6) is 0.0858. The number of ether oxygens (including phenoxy) is 1. The molecular formula is C22H20N2O2. The number of H-pyrrole nitrogens is 1. The molecule has 1 aliphatic carbocycles. The van der Waals surface area contributed by atoms with Crippen molar-refractivity contribution in [2.24, 2.45) is 0 Å². The van der Waals surface area contributed by atoms with Crippen LogP contribution in [0.4, 0.5) is 4.79 Å². The molecule has 0 radical (unpaired) electrons. The van der Waals surface area contributed by atoms with Crippen LogP contribution in [0.5, 0.6) is 0 Å². The fourth-order valence-corrected chi connectivity index (χ4v) is 3.43. The van der Waals surface area contributed by atoms with Crippen molar-refractivity contribution in [1.29, 1.82) is 0 Å². The van der Waals surface area contributed by atoms with E-state index in [0.717, 1.165) is 5.69 Å². The Bertz CT molecular complexity index is 883. The summed E-state index contributed by atoms with van der Waals surface area (Å²) >= 11 is 0. The molecule has 2 aromatic carbocycles. The molecule has 1 aromatic heterocycles. The number of rotatable bonds is 5. The number of fused-ring (bicyclic) bond motifs is 3. The van der Waals surface area contributed by atoms with Crippen LogP contribution in [0.25, 0.3) is 17.2 Å². The van der Waals surface area contributed by atoms with Gasteiger partial charge in [0, 0.05) is 24.4 Å². The van der Waals surface area contributed by atoms with Crippen LogP contribution in [0, 0.1) is 0 Å². The molecule has 4 nitrogen and oxygen atoms in total. The van der Waals surface area contributed by atoms with E-state index < -0.39 is 6.09 Å². The normalized spacial score (nSPS) is 12.8. The van der Waals surface area contributed by atoms with Gasteiger partial charge in [-0.25, -0.2) is 4.79 Å². The molecule has 0 atom stereocenters. The molecule has 2 N–H and O–H groups in total. The Morgan fingerprint density at radius 1 is 1.00 bits per heavy atom. The average molecular weight is 344 g/mol. The Hall–Kier alpha value is -3.27. The molecule has 0 unspecified atom stereocenters. The number of benzene rings is 2. The van der Waals surface area contributed by atoms with Gasteiger partial charge < -0.3 is 15.0 Å². The van der Waals surface area contributed by atoms with Gasteiger partial charge in [-0.15, -0.1) is 0 Å². The van der Waals surface area contributed by atoms with E-state index in [1.54, 1.807) is 0 Å². The van der Waals surface area contributed by atoms with E-state index in [1.165, 1.54) is 22.3 Å². The number of carbonyl (C=O) groups is 1. The molecule has 4 heteroatoms. The van der Waals surface area contributed by atoms with Gasteiger partial charge in [0.1, 0.15) is 6.61 Å². The summed E-state index contributed by atoms with van der Waals surface area (Å²) in [5.41, 5.74) is 5.89. The maximum absolute atomic E-state index is 12.0. The fraction of sp³-hybridized carbons (Fsp3) is 0.136. The predicted molar refractivity (Wildman–Crippen MR) is 103 cm³/mol. The van der Waals surface area contributed by atoms with Crippen LogP contribution in [-0.2, 0) is 4.74 Å². The molecule has 0 fully saturated rings. The summed E-state index contributed by atoms with van der Waals surface area (Å²) in [6.07, 6.45) is 5.26. The molecule has 26 heavy (non-hydrogen) atoms. The molecule has 130 valence electrons. The first-order valence-electron chi connectivity index (χ1n) is 8.72. The smallest absolute Gasteiger partial charge is 0.407 e. The van der Waals surface area contributed by atoms with E-state index in [0.29, 0.717) is 13.2 Å². The van der Waals surface area contributed by atoms with E-state index in [9.17, 15) is 4.79 Å². The minimum absolute atomic E-state index is 0.0858. The predicted octanol–water partition coefficient (Wildman–Crippen LogP) is 4.57. The van der Waals surface area contributed by atoms with Crippen LogP contribution in [0.1, 0.15) is 22.7 Å². The lowest BCUT2D eigenvalue weighted by molar-refractivity contribution is 0.144. The maximum atomic E-state index is 12.0. The summed E-state index contributed by atoms with van der Waals surface area (Å²) in [7, 11) is 0. The lowest BCUT2D eigenvalue weighted by Crippen LogP contribution is -2.26. The zero-order valence-electron chi connectivity index (χ0n) is 14.3. The molecule has 0 saturated carbocycles. The Labute approximate surface area is 152 Å². The molecule has 0 saturated heterocycles. The third-order valence-corrected chi connectivity index (χ3v) is 4.63. The summed E-state index contributed by atoms with van der Waals surface area (Å²) in [6, 6.07) is 20.5. The Morgan fingerprint density at radius 3 is 2.35 bits per heavy atom. The van der Waals surface area contributed by atoms with Crippen molar-refractivity contribution in [2.75, 3.05) is 13.2 Å². The molecule has 0 spiro atoms. The van der Waals surface area contributed by atoms with Gasteiger partial charge in [-0.1, -0.05) is 54.6 Å². The standard InChI is InChI=1S/C22H20N2O2/c25-22(24-14-6-8-16-7-5-13-23-16)26-15-21-19-11-3-1-9-17(19)18-10-2-4-12-20(18)21/h1-13,21,23H,14-15H2,(H,24,25). The first kappa shape index (κ1) is 16.2. The first-order chi connectivity index (χ1) is 12.8. The maximum Gasteiger partial charge on any atom is 0.407 e. The van der Waals surface area contributed by atoms with E-state index >= 15 is 0 Å². The van der Waals surface area contributed by atoms with Crippen LogP contribution >= 0.6 is 0 Å². The number of alkyl carbamates (subject to hydrolysis) is 1. The van der Waals surface area contributed by atoms with Gasteiger partial charge >= 0.3 is 6.09 Å². The first-order valence-corrected chi connectivity index (χ1v) is 8.72. The molecule has 4 rings (SSSR count). The highest BCUT2D eigenvalue weighted by molar-refractivity contribution is 5.79. The number of amides is 1. The second-order valence-electron chi connectivity index (χ2n) is 6.23. The highest BCUT2D eigenvalue weighted by Gasteiger charge is 2.28. The highest BCUT2D eigenvalue weighted by atomic mass is 16.5. The topological polar surface area (TPSA) is 54.1 Å². The van der Waals surface area contributed by atoms with Crippen molar-refractivity contribution < 1.29 is 9.53 Å². The number of aromatic nitrogens is 1. The molecular weight excluding hydrogens is 324 g/mol. The third kappa shape index (κ3) is 3.26. The third-order valence-electron chi connectivity index (χ3n) is 4.63. The monoisotopic (exact) mass is 344 g/mol. The van der Waals surface area contributed by atoms with E-state index in [-0.39, 0.29) is 5.92 Å². The molecule has 3 aromatic rings. The summed E-state index contributed by atoms with van der Waals surface area (Å²) in [6.45, 7) is 0.760. The summed E-state index contributed by atoms with van der Waals surface area (Å²) < 4.78 is 5.49. The van der Waals surface area contributed by atoms with Crippen molar-refractivity contribution in [2.45, 2.75) is 5.92 Å². The van der Waals surface area contributed by atoms with Gasteiger partial charge in [0.25, 0.3) is 0 Å². The molecule has 1 heterocycles. The zero-order valence-corrected chi connectivity index (χ0v) is 14.3. The van der Waals surface area contributed by atoms with Crippen molar-refractivity contribution in [3.8, 4) is 11.1 Å². The van der Waals surface area contributed by atoms with Crippen molar-refractivity contribution >= 4 is 12.2 Å². The average Bonchev–Trinajstić information content (AvgIpc) is 3.30. The Morgan fingerprint density at radius 2 is 1.69 bits per heavy atom. The van der Waals surface area contributed by atoms with Gasteiger partial charge in [0.2, 0.25) is 0 Å². The van der Waals surface area contributed by atoms with Gasteiger partial charge in [0.15, 0.2) is 0 Å². The Balaban J connectivity index is 1.36. The molecule has 1 amide bonds. The van der Waals surface area contributed by atoms with E-state index in [2.05, 4.69) is 34.6 Å².